The van der Waals surface area contributed by atoms with Gasteiger partial charge in [0.1, 0.15) is 6.10 Å². The fraction of sp³-hybridized carbons (Fsp3) is 0.385. The summed E-state index contributed by atoms with van der Waals surface area (Å²) in [7, 11) is 0. The summed E-state index contributed by atoms with van der Waals surface area (Å²) in [4.78, 5) is 33.0. The number of hydrogen-bond donors (Lipinski definition) is 2. The quantitative estimate of drug-likeness (QED) is 0.453. The number of nitro benzene ring substituents is 1. The highest BCUT2D eigenvalue weighted by molar-refractivity contribution is 5.84. The molecule has 0 unspecified atom stereocenters. The van der Waals surface area contributed by atoms with E-state index in [1.807, 2.05) is 0 Å². The molecule has 0 bridgehead atoms. The first-order chi connectivity index (χ1) is 9.86. The van der Waals surface area contributed by atoms with Gasteiger partial charge in [-0.2, -0.15) is 0 Å². The Morgan fingerprint density at radius 2 is 2.14 bits per heavy atom. The number of nitrogens with zero attached hydrogens (tertiary/aromatic N) is 1. The van der Waals surface area contributed by atoms with E-state index in [-0.39, 0.29) is 17.9 Å². The molecule has 0 saturated carbocycles. The number of rotatable bonds is 6. The van der Waals surface area contributed by atoms with Gasteiger partial charge in [0.05, 0.1) is 11.5 Å². The fourth-order valence-corrected chi connectivity index (χ4v) is 1.73. The van der Waals surface area contributed by atoms with Crippen molar-refractivity contribution in [3.63, 3.8) is 0 Å². The number of non-ortho nitro benzene ring substituents is 1. The summed E-state index contributed by atoms with van der Waals surface area (Å²) in [5.41, 5.74) is -0.0898. The number of nitrogens with one attached hydrogen (secondary N) is 1. The van der Waals surface area contributed by atoms with Crippen LogP contribution in [-0.2, 0) is 14.3 Å². The van der Waals surface area contributed by atoms with E-state index in [4.69, 9.17) is 4.74 Å². The van der Waals surface area contributed by atoms with Crippen molar-refractivity contribution < 1.29 is 24.4 Å². The van der Waals surface area contributed by atoms with E-state index in [9.17, 15) is 24.8 Å². The maximum atomic E-state index is 11.8. The average molecular weight is 296 g/mol. The Morgan fingerprint density at radius 3 is 2.67 bits per heavy atom. The number of amides is 1. The van der Waals surface area contributed by atoms with Gasteiger partial charge < -0.3 is 15.2 Å². The van der Waals surface area contributed by atoms with E-state index >= 15 is 0 Å². The fourth-order valence-electron chi connectivity index (χ4n) is 1.73. The number of aliphatic hydroxyl groups is 1. The summed E-state index contributed by atoms with van der Waals surface area (Å²) >= 11 is 0. The van der Waals surface area contributed by atoms with Gasteiger partial charge in [-0.15, -0.1) is 0 Å². The zero-order valence-electron chi connectivity index (χ0n) is 11.6. The van der Waals surface area contributed by atoms with Crippen molar-refractivity contribution in [1.29, 1.82) is 0 Å². The molecule has 0 fully saturated rings. The Hall–Kier alpha value is -2.48. The molecule has 0 aliphatic carbocycles. The lowest BCUT2D eigenvalue weighted by molar-refractivity contribution is -0.385. The van der Waals surface area contributed by atoms with Crippen molar-refractivity contribution in [2.75, 3.05) is 6.61 Å². The predicted octanol–water partition coefficient (Wildman–Crippen LogP) is 0.696. The Morgan fingerprint density at radius 1 is 1.48 bits per heavy atom. The van der Waals surface area contributed by atoms with Crippen molar-refractivity contribution in [3.05, 3.63) is 39.9 Å². The summed E-state index contributed by atoms with van der Waals surface area (Å²) in [5.74, 6) is -1.34. The van der Waals surface area contributed by atoms with Gasteiger partial charge >= 0.3 is 5.97 Å². The third-order valence-corrected chi connectivity index (χ3v) is 2.64. The minimum Gasteiger partial charge on any atom is -0.464 e. The van der Waals surface area contributed by atoms with E-state index in [1.54, 1.807) is 6.92 Å². The Balaban J connectivity index is 3.06. The zero-order chi connectivity index (χ0) is 16.0. The Labute approximate surface area is 120 Å². The van der Waals surface area contributed by atoms with E-state index < -0.39 is 28.9 Å². The van der Waals surface area contributed by atoms with E-state index in [0.717, 1.165) is 6.07 Å². The van der Waals surface area contributed by atoms with Gasteiger partial charge in [0.25, 0.3) is 5.69 Å². The first kappa shape index (κ1) is 16.6. The van der Waals surface area contributed by atoms with Gasteiger partial charge in [-0.25, -0.2) is 4.79 Å². The summed E-state index contributed by atoms with van der Waals surface area (Å²) in [6.07, 6.45) is -1.45. The van der Waals surface area contributed by atoms with Gasteiger partial charge in [0.15, 0.2) is 6.04 Å². The van der Waals surface area contributed by atoms with E-state index in [0.29, 0.717) is 0 Å². The topological polar surface area (TPSA) is 119 Å². The molecule has 0 spiro atoms. The van der Waals surface area contributed by atoms with Crippen LogP contribution in [0.3, 0.4) is 0 Å². The molecule has 0 aromatic heterocycles. The summed E-state index contributed by atoms with van der Waals surface area (Å²) in [6, 6.07) is 3.87. The van der Waals surface area contributed by atoms with Crippen LogP contribution in [0.2, 0.25) is 0 Å². The van der Waals surface area contributed by atoms with Crippen molar-refractivity contribution >= 4 is 17.6 Å². The monoisotopic (exact) mass is 296 g/mol. The molecule has 2 N–H and O–H groups in total. The summed E-state index contributed by atoms with van der Waals surface area (Å²) in [6.45, 7) is 2.85. The van der Waals surface area contributed by atoms with Crippen molar-refractivity contribution in [2.45, 2.75) is 26.0 Å². The van der Waals surface area contributed by atoms with Crippen LogP contribution in [0.1, 0.15) is 25.5 Å². The number of carbonyl (C=O) groups excluding carboxylic acids is 2. The molecule has 21 heavy (non-hydrogen) atoms. The number of esters is 1. The number of nitro groups is 1. The standard InChI is InChI=1S/C13H16N2O6/c1-3-21-13(18)11(14-8(2)16)12(17)9-5-4-6-10(7-9)15(19)20/h4-7,11-12,17H,3H2,1-2H3,(H,14,16)/t11-,12+/m1/s1. The maximum Gasteiger partial charge on any atom is 0.331 e. The van der Waals surface area contributed by atoms with Gasteiger partial charge in [0, 0.05) is 19.1 Å². The van der Waals surface area contributed by atoms with Crippen LogP contribution in [0.4, 0.5) is 5.69 Å². The second-order valence-corrected chi connectivity index (χ2v) is 4.23. The zero-order valence-corrected chi connectivity index (χ0v) is 11.6. The molecule has 0 aliphatic heterocycles. The van der Waals surface area contributed by atoms with E-state index in [1.165, 1.54) is 25.1 Å². The number of ether oxygens (including phenoxy) is 1. The van der Waals surface area contributed by atoms with Crippen LogP contribution in [0.25, 0.3) is 0 Å². The minimum absolute atomic E-state index is 0.0799. The normalized spacial score (nSPS) is 13.1. The smallest absolute Gasteiger partial charge is 0.331 e. The van der Waals surface area contributed by atoms with Crippen LogP contribution in [-0.4, -0.2) is 34.6 Å². The van der Waals surface area contributed by atoms with Gasteiger partial charge in [0.2, 0.25) is 5.91 Å². The van der Waals surface area contributed by atoms with Crippen LogP contribution < -0.4 is 5.32 Å². The lowest BCUT2D eigenvalue weighted by Gasteiger charge is -2.22. The first-order valence-electron chi connectivity index (χ1n) is 6.23. The lowest BCUT2D eigenvalue weighted by atomic mass is 10.0. The third kappa shape index (κ3) is 4.53. The molecule has 0 radical (unpaired) electrons. The highest BCUT2D eigenvalue weighted by Gasteiger charge is 2.30. The van der Waals surface area contributed by atoms with Gasteiger partial charge in [-0.1, -0.05) is 12.1 Å². The van der Waals surface area contributed by atoms with Crippen molar-refractivity contribution in [1.82, 2.24) is 5.32 Å². The average Bonchev–Trinajstić information content (AvgIpc) is 2.44. The lowest BCUT2D eigenvalue weighted by Crippen LogP contribution is -2.45. The molecule has 1 aromatic carbocycles. The highest BCUT2D eigenvalue weighted by Crippen LogP contribution is 2.22. The molecule has 0 saturated heterocycles. The Bertz CT molecular complexity index is 545. The largest absolute Gasteiger partial charge is 0.464 e. The van der Waals surface area contributed by atoms with E-state index in [2.05, 4.69) is 5.32 Å². The summed E-state index contributed by atoms with van der Waals surface area (Å²) in [5, 5.41) is 23.2. The number of aliphatic hydroxyl groups excluding tert-OH is 1. The number of benzene rings is 1. The second kappa shape index (κ2) is 7.34. The molecule has 114 valence electrons. The summed E-state index contributed by atoms with van der Waals surface area (Å²) < 4.78 is 4.78. The molecule has 1 aromatic rings. The minimum atomic E-state index is -1.45. The van der Waals surface area contributed by atoms with Crippen molar-refractivity contribution in [3.8, 4) is 0 Å². The van der Waals surface area contributed by atoms with Crippen LogP contribution in [0.5, 0.6) is 0 Å². The number of carbonyl (C=O) groups is 2. The first-order valence-corrected chi connectivity index (χ1v) is 6.23. The SMILES string of the molecule is CCOC(=O)[C@H](NC(C)=O)[C@@H](O)c1cccc([N+](=O)[O-])c1. The Kier molecular flexibility index (Phi) is 5.79. The maximum absolute atomic E-state index is 11.8. The van der Waals surface area contributed by atoms with Crippen molar-refractivity contribution in [2.24, 2.45) is 0 Å². The molecular formula is C13H16N2O6. The molecule has 0 aliphatic rings. The molecular weight excluding hydrogens is 280 g/mol. The second-order valence-electron chi connectivity index (χ2n) is 4.23. The molecule has 2 atom stereocenters. The van der Waals surface area contributed by atoms with Gasteiger partial charge in [-0.05, 0) is 12.5 Å². The third-order valence-electron chi connectivity index (χ3n) is 2.64. The molecule has 8 nitrogen and oxygen atoms in total. The van der Waals surface area contributed by atoms with Crippen LogP contribution in [0, 0.1) is 10.1 Å². The van der Waals surface area contributed by atoms with Crippen LogP contribution in [0.15, 0.2) is 24.3 Å². The van der Waals surface area contributed by atoms with Crippen LogP contribution >= 0.6 is 0 Å². The predicted molar refractivity (Wildman–Crippen MR) is 72.3 cm³/mol. The molecule has 0 heterocycles. The molecule has 8 heteroatoms. The van der Waals surface area contributed by atoms with Gasteiger partial charge in [-0.3, -0.25) is 14.9 Å². The molecule has 1 amide bonds. The highest BCUT2D eigenvalue weighted by atomic mass is 16.6. The molecule has 1 rings (SSSR count). The number of hydrogen-bond acceptors (Lipinski definition) is 6.